The van der Waals surface area contributed by atoms with Gasteiger partial charge in [-0.05, 0) is 62.9 Å². The van der Waals surface area contributed by atoms with Crippen molar-refractivity contribution in [3.63, 3.8) is 0 Å². The van der Waals surface area contributed by atoms with Crippen molar-refractivity contribution in [1.82, 2.24) is 8.87 Å². The summed E-state index contributed by atoms with van der Waals surface area (Å²) < 4.78 is 29.7. The van der Waals surface area contributed by atoms with Gasteiger partial charge in [0.25, 0.3) is 0 Å². The molecule has 2 heterocycles. The maximum Gasteiger partial charge on any atom is 0.243 e. The van der Waals surface area contributed by atoms with Crippen molar-refractivity contribution in [3.8, 4) is 0 Å². The Hall–Kier alpha value is -1.59. The minimum atomic E-state index is -3.38. The van der Waals surface area contributed by atoms with Crippen molar-refractivity contribution in [2.45, 2.75) is 51.0 Å². The van der Waals surface area contributed by atoms with E-state index in [0.29, 0.717) is 24.0 Å². The average molecular weight is 346 g/mol. The number of nitrogens with zero attached hydrogens (tertiary/aromatic N) is 2. The highest BCUT2D eigenvalue weighted by Crippen LogP contribution is 2.29. The minimum Gasteiger partial charge on any atom is -0.346 e. The highest BCUT2D eigenvalue weighted by atomic mass is 32.2. The molecule has 4 nitrogen and oxygen atoms in total. The van der Waals surface area contributed by atoms with Crippen LogP contribution in [0.2, 0.25) is 0 Å². The lowest BCUT2D eigenvalue weighted by Crippen LogP contribution is -2.39. The van der Waals surface area contributed by atoms with Crippen molar-refractivity contribution in [2.24, 2.45) is 0 Å². The summed E-state index contributed by atoms with van der Waals surface area (Å²) in [7, 11) is -3.38. The van der Waals surface area contributed by atoms with E-state index in [9.17, 15) is 8.42 Å². The summed E-state index contributed by atoms with van der Waals surface area (Å²) in [6.07, 6.45) is 2.65. The predicted octanol–water partition coefficient (Wildman–Crippen LogP) is 3.69. The summed E-state index contributed by atoms with van der Waals surface area (Å²) in [4.78, 5) is 0.409. The van der Waals surface area contributed by atoms with Crippen LogP contribution in [0.5, 0.6) is 0 Å². The van der Waals surface area contributed by atoms with Gasteiger partial charge in [0.15, 0.2) is 0 Å². The second kappa shape index (κ2) is 6.73. The van der Waals surface area contributed by atoms with Crippen LogP contribution in [0.1, 0.15) is 42.8 Å². The van der Waals surface area contributed by atoms with E-state index in [1.165, 1.54) is 11.4 Å². The number of aromatic nitrogens is 1. The summed E-state index contributed by atoms with van der Waals surface area (Å²) in [5.74, 6) is 0. The van der Waals surface area contributed by atoms with Gasteiger partial charge in [0.1, 0.15) is 0 Å². The lowest BCUT2D eigenvalue weighted by Gasteiger charge is -2.33. The van der Waals surface area contributed by atoms with Gasteiger partial charge in [0, 0.05) is 30.5 Å². The molecule has 3 rings (SSSR count). The van der Waals surface area contributed by atoms with Gasteiger partial charge in [-0.3, -0.25) is 0 Å². The molecule has 0 amide bonds. The van der Waals surface area contributed by atoms with E-state index >= 15 is 0 Å². The molecule has 1 aliphatic heterocycles. The van der Waals surface area contributed by atoms with Gasteiger partial charge >= 0.3 is 0 Å². The van der Waals surface area contributed by atoms with Crippen LogP contribution in [0.4, 0.5) is 0 Å². The van der Waals surface area contributed by atoms with Crippen LogP contribution in [0, 0.1) is 13.8 Å². The molecule has 130 valence electrons. The Labute approximate surface area is 145 Å². The van der Waals surface area contributed by atoms with Crippen molar-refractivity contribution < 1.29 is 8.42 Å². The molecule has 0 aliphatic carbocycles. The third kappa shape index (κ3) is 3.15. The van der Waals surface area contributed by atoms with Gasteiger partial charge in [0.05, 0.1) is 4.90 Å². The van der Waals surface area contributed by atoms with Crippen LogP contribution >= 0.6 is 0 Å². The second-order valence-electron chi connectivity index (χ2n) is 6.62. The van der Waals surface area contributed by atoms with E-state index in [4.69, 9.17) is 0 Å². The molecule has 0 spiro atoms. The number of aryl methyl sites for hydroxylation is 3. The number of benzene rings is 1. The molecule has 0 N–H and O–H groups in total. The Morgan fingerprint density at radius 1 is 0.958 bits per heavy atom. The van der Waals surface area contributed by atoms with Crippen LogP contribution < -0.4 is 0 Å². The summed E-state index contributed by atoms with van der Waals surface area (Å²) in [5.41, 5.74) is 3.67. The molecule has 0 radical (unpaired) electrons. The molecule has 0 saturated carbocycles. The van der Waals surface area contributed by atoms with Crippen molar-refractivity contribution in [1.29, 1.82) is 0 Å². The maximum atomic E-state index is 12.8. The molecule has 2 aromatic rings. The van der Waals surface area contributed by atoms with Crippen LogP contribution in [-0.4, -0.2) is 30.4 Å². The summed E-state index contributed by atoms with van der Waals surface area (Å²) in [6.45, 7) is 7.47. The largest absolute Gasteiger partial charge is 0.346 e. The van der Waals surface area contributed by atoms with Gasteiger partial charge in [0.2, 0.25) is 10.0 Å². The summed E-state index contributed by atoms with van der Waals surface area (Å²) >= 11 is 0. The average Bonchev–Trinajstić information content (AvgIpc) is 2.93. The first-order chi connectivity index (χ1) is 11.4. The highest BCUT2D eigenvalue weighted by Gasteiger charge is 2.30. The zero-order chi connectivity index (χ0) is 17.3. The quantitative estimate of drug-likeness (QED) is 0.847. The topological polar surface area (TPSA) is 42.3 Å². The fourth-order valence-electron chi connectivity index (χ4n) is 3.64. The molecular weight excluding hydrogens is 320 g/mol. The van der Waals surface area contributed by atoms with E-state index in [0.717, 1.165) is 24.8 Å². The van der Waals surface area contributed by atoms with Gasteiger partial charge in [-0.2, -0.15) is 4.31 Å². The fraction of sp³-hybridized carbons (Fsp3) is 0.474. The van der Waals surface area contributed by atoms with Crippen molar-refractivity contribution in [2.75, 3.05) is 13.1 Å². The highest BCUT2D eigenvalue weighted by molar-refractivity contribution is 7.89. The van der Waals surface area contributed by atoms with Crippen molar-refractivity contribution in [3.05, 3.63) is 53.3 Å². The number of piperidine rings is 1. The molecule has 0 unspecified atom stereocenters. The van der Waals surface area contributed by atoms with Gasteiger partial charge in [-0.15, -0.1) is 0 Å². The number of sulfonamides is 1. The third-order valence-electron chi connectivity index (χ3n) is 5.08. The molecule has 5 heteroatoms. The zero-order valence-electron chi connectivity index (χ0n) is 14.7. The molecule has 1 saturated heterocycles. The Morgan fingerprint density at radius 3 is 2.00 bits per heavy atom. The first kappa shape index (κ1) is 17.2. The molecule has 1 fully saturated rings. The number of hydrogen-bond acceptors (Lipinski definition) is 2. The Morgan fingerprint density at radius 2 is 1.50 bits per heavy atom. The van der Waals surface area contributed by atoms with E-state index in [1.54, 1.807) is 16.4 Å². The van der Waals surface area contributed by atoms with Crippen LogP contribution in [-0.2, 0) is 16.4 Å². The van der Waals surface area contributed by atoms with Crippen LogP contribution in [0.15, 0.2) is 41.3 Å². The van der Waals surface area contributed by atoms with Crippen LogP contribution in [0.3, 0.4) is 0 Å². The first-order valence-corrected chi connectivity index (χ1v) is 10.1. The normalized spacial score (nSPS) is 17.3. The first-order valence-electron chi connectivity index (χ1n) is 8.67. The summed E-state index contributed by atoms with van der Waals surface area (Å²) in [5, 5.41) is 0. The SMILES string of the molecule is CCc1ccc(S(=O)(=O)N2CCC(n3c(C)ccc3C)CC2)cc1. The summed E-state index contributed by atoms with van der Waals surface area (Å²) in [6, 6.07) is 12.0. The molecular formula is C19H26N2O2S. The lowest BCUT2D eigenvalue weighted by molar-refractivity contribution is 0.270. The standard InChI is InChI=1S/C19H26N2O2S/c1-4-17-7-9-19(10-8-17)24(22,23)20-13-11-18(12-14-20)21-15(2)5-6-16(21)3/h5-10,18H,4,11-14H2,1-3H3. The van der Waals surface area contributed by atoms with E-state index in [-0.39, 0.29) is 0 Å². The monoisotopic (exact) mass is 346 g/mol. The van der Waals surface area contributed by atoms with Gasteiger partial charge < -0.3 is 4.57 Å². The molecule has 1 aromatic heterocycles. The lowest BCUT2D eigenvalue weighted by atomic mass is 10.1. The smallest absolute Gasteiger partial charge is 0.243 e. The molecule has 1 aliphatic rings. The molecule has 1 aromatic carbocycles. The van der Waals surface area contributed by atoms with Gasteiger partial charge in [-0.1, -0.05) is 19.1 Å². The van der Waals surface area contributed by atoms with E-state index < -0.39 is 10.0 Å². The van der Waals surface area contributed by atoms with Gasteiger partial charge in [-0.25, -0.2) is 8.42 Å². The fourth-order valence-corrected chi connectivity index (χ4v) is 5.11. The maximum absolute atomic E-state index is 12.8. The molecule has 24 heavy (non-hydrogen) atoms. The Bertz CT molecular complexity index is 779. The van der Waals surface area contributed by atoms with Crippen LogP contribution in [0.25, 0.3) is 0 Å². The Kier molecular flexibility index (Phi) is 4.83. The minimum absolute atomic E-state index is 0.397. The van der Waals surface area contributed by atoms with E-state index in [1.807, 2.05) is 12.1 Å². The number of rotatable bonds is 4. The molecule has 0 bridgehead atoms. The zero-order valence-corrected chi connectivity index (χ0v) is 15.5. The third-order valence-corrected chi connectivity index (χ3v) is 7.00. The number of hydrogen-bond donors (Lipinski definition) is 0. The Balaban J connectivity index is 1.73. The molecule has 0 atom stereocenters. The van der Waals surface area contributed by atoms with Crippen molar-refractivity contribution >= 4 is 10.0 Å². The predicted molar refractivity (Wildman–Crippen MR) is 96.8 cm³/mol. The van der Waals surface area contributed by atoms with E-state index in [2.05, 4.69) is 37.5 Å². The second-order valence-corrected chi connectivity index (χ2v) is 8.56.